The maximum atomic E-state index is 10.7. The molecule has 0 bridgehead atoms. The van der Waals surface area contributed by atoms with E-state index >= 15 is 0 Å². The molecule has 0 heterocycles. The fourth-order valence-corrected chi connectivity index (χ4v) is 0.285. The van der Waals surface area contributed by atoms with E-state index in [1.165, 1.54) is 0 Å². The number of hydrogen-bond acceptors (Lipinski definition) is 3. The Bertz CT molecular complexity index is 207. The van der Waals surface area contributed by atoms with E-state index in [1.54, 1.807) is 0 Å². The van der Waals surface area contributed by atoms with E-state index in [0.717, 1.165) is 0 Å². The summed E-state index contributed by atoms with van der Waals surface area (Å²) in [6, 6.07) is 0. The average molecular weight is 264 g/mol. The quantitative estimate of drug-likeness (QED) is 0.421. The van der Waals surface area contributed by atoms with Gasteiger partial charge in [-0.05, 0) is 0 Å². The summed E-state index contributed by atoms with van der Waals surface area (Å²) in [5, 5.41) is -5.00. The van der Waals surface area contributed by atoms with Crippen LogP contribution in [0.4, 0.5) is 0 Å². The smallest absolute Gasteiger partial charge is 0.324 e. The first kappa shape index (κ1) is 4.08. The number of hydrogen-bond donors (Lipinski definition) is 0. The highest BCUT2D eigenvalue weighted by molar-refractivity contribution is 9.09. The lowest BCUT2D eigenvalue weighted by molar-refractivity contribution is -0.155. The van der Waals surface area contributed by atoms with Crippen LogP contribution in [0.15, 0.2) is 0 Å². The van der Waals surface area contributed by atoms with Gasteiger partial charge in [-0.3, -0.25) is 9.59 Å². The molecule has 0 aliphatic rings. The van der Waals surface area contributed by atoms with Gasteiger partial charge in [-0.25, -0.2) is 0 Å². The first-order chi connectivity index (χ1) is 5.55. The van der Waals surface area contributed by atoms with Crippen molar-refractivity contribution in [3.05, 3.63) is 0 Å². The van der Waals surface area contributed by atoms with Crippen molar-refractivity contribution in [2.24, 2.45) is 0 Å². The van der Waals surface area contributed by atoms with Gasteiger partial charge in [-0.1, -0.05) is 31.9 Å². The second-order valence-electron chi connectivity index (χ2n) is 0.866. The standard InChI is InChI=1S/C4H4Br2O3/c5-1-3(7)9-4(8)2-6/h1-2H2/i1D2,2D2. The summed E-state index contributed by atoms with van der Waals surface area (Å²) in [6.07, 6.45) is 0. The van der Waals surface area contributed by atoms with E-state index in [9.17, 15) is 9.59 Å². The van der Waals surface area contributed by atoms with E-state index in [-0.39, 0.29) is 0 Å². The Morgan fingerprint density at radius 2 is 1.67 bits per heavy atom. The lowest BCUT2D eigenvalue weighted by Crippen LogP contribution is -2.13. The van der Waals surface area contributed by atoms with Gasteiger partial charge in [0.2, 0.25) is 0 Å². The van der Waals surface area contributed by atoms with Crippen LogP contribution in [0, 0.1) is 0 Å². The SMILES string of the molecule is [2H]C([2H])(Br)C(=O)OC(=O)C([2H])([2H])Br. The van der Waals surface area contributed by atoms with Gasteiger partial charge in [0.15, 0.2) is 0 Å². The molecule has 0 aromatic heterocycles. The molecule has 0 rings (SSSR count). The summed E-state index contributed by atoms with van der Waals surface area (Å²) >= 11 is 4.62. The summed E-state index contributed by atoms with van der Waals surface area (Å²) in [5.74, 6) is -3.00. The zero-order valence-corrected chi connectivity index (χ0v) is 7.15. The molecule has 9 heavy (non-hydrogen) atoms. The lowest BCUT2D eigenvalue weighted by atomic mass is 10.7. The predicted molar refractivity (Wildman–Crippen MR) is 38.7 cm³/mol. The van der Waals surface area contributed by atoms with Crippen molar-refractivity contribution in [1.29, 1.82) is 0 Å². The number of halogens is 2. The van der Waals surface area contributed by atoms with Gasteiger partial charge in [0.25, 0.3) is 0 Å². The maximum absolute atomic E-state index is 10.7. The van der Waals surface area contributed by atoms with Crippen molar-refractivity contribution < 1.29 is 19.8 Å². The molecule has 0 spiro atoms. The fraction of sp³-hybridized carbons (Fsp3) is 0.500. The Labute approximate surface area is 74.6 Å². The average Bonchev–Trinajstić information content (AvgIpc) is 1.82. The predicted octanol–water partition coefficient (Wildman–Crippen LogP) is 0.846. The Morgan fingerprint density at radius 3 is 1.89 bits per heavy atom. The minimum absolute atomic E-state index is 1.50. The molecule has 0 aromatic rings. The number of rotatable bonds is 2. The normalized spacial score (nSPS) is 18.4. The van der Waals surface area contributed by atoms with Crippen LogP contribution in [0.5, 0.6) is 0 Å². The monoisotopic (exact) mass is 262 g/mol. The number of alkyl halides is 2. The summed E-state index contributed by atoms with van der Waals surface area (Å²) < 4.78 is 30.9. The van der Waals surface area contributed by atoms with Gasteiger partial charge in [0, 0.05) is 0 Å². The van der Waals surface area contributed by atoms with Crippen LogP contribution in [-0.4, -0.2) is 22.5 Å². The second-order valence-corrected chi connectivity index (χ2v) is 1.66. The molecule has 52 valence electrons. The van der Waals surface area contributed by atoms with Crippen molar-refractivity contribution in [3.8, 4) is 0 Å². The molecule has 0 atom stereocenters. The molecule has 0 aliphatic carbocycles. The highest BCUT2D eigenvalue weighted by atomic mass is 79.9. The molecule has 3 nitrogen and oxygen atoms in total. The minimum Gasteiger partial charge on any atom is -0.392 e. The third-order valence-electron chi connectivity index (χ3n) is 0.340. The largest absolute Gasteiger partial charge is 0.392 e. The molecule has 0 fully saturated rings. The van der Waals surface area contributed by atoms with Gasteiger partial charge in [-0.2, -0.15) is 0 Å². The van der Waals surface area contributed by atoms with Gasteiger partial charge in [-0.15, -0.1) is 0 Å². The Hall–Kier alpha value is 0.1000. The molecule has 0 radical (unpaired) electrons. The first-order valence-corrected chi connectivity index (χ1v) is 3.28. The molecule has 0 unspecified atom stereocenters. The molecule has 0 amide bonds. The summed E-state index contributed by atoms with van der Waals surface area (Å²) in [5.41, 5.74) is 0. The Balaban J connectivity index is 4.34. The minimum atomic E-state index is -2.50. The Morgan fingerprint density at radius 1 is 1.33 bits per heavy atom. The zero-order valence-electron chi connectivity index (χ0n) is 7.98. The maximum Gasteiger partial charge on any atom is 0.324 e. The second kappa shape index (κ2) is 4.93. The van der Waals surface area contributed by atoms with Crippen molar-refractivity contribution in [3.63, 3.8) is 0 Å². The summed E-state index contributed by atoms with van der Waals surface area (Å²) in [7, 11) is 0. The van der Waals surface area contributed by atoms with Crippen molar-refractivity contribution in [2.45, 2.75) is 0 Å². The van der Waals surface area contributed by atoms with Gasteiger partial charge in [0.05, 0.1) is 5.48 Å². The topological polar surface area (TPSA) is 43.4 Å². The van der Waals surface area contributed by atoms with Crippen molar-refractivity contribution >= 4 is 43.8 Å². The number of carbonyl (C=O) groups excluding carboxylic acids is 2. The molecule has 0 N–H and O–H groups in total. The lowest BCUT2D eigenvalue weighted by Gasteiger charge is -1.93. The number of carbonyl (C=O) groups is 2. The van der Waals surface area contributed by atoms with Gasteiger partial charge >= 0.3 is 11.9 Å². The summed E-state index contributed by atoms with van der Waals surface area (Å²) in [4.78, 5) is 21.3. The highest BCUT2D eigenvalue weighted by Crippen LogP contribution is 1.89. The summed E-state index contributed by atoms with van der Waals surface area (Å²) in [6.45, 7) is 0. The van der Waals surface area contributed by atoms with Crippen molar-refractivity contribution in [2.75, 3.05) is 10.6 Å². The van der Waals surface area contributed by atoms with Crippen molar-refractivity contribution in [1.82, 2.24) is 0 Å². The first-order valence-electron chi connectivity index (χ1n) is 3.69. The molecule has 0 saturated carbocycles. The molecule has 5 heteroatoms. The van der Waals surface area contributed by atoms with E-state index in [0.29, 0.717) is 0 Å². The Kier molecular flexibility index (Phi) is 2.23. The van der Waals surface area contributed by atoms with Crippen LogP contribution in [-0.2, 0) is 14.3 Å². The zero-order chi connectivity index (χ0) is 10.9. The molecular formula is C4H4Br2O3. The van der Waals surface area contributed by atoms with Crippen LogP contribution in [0.2, 0.25) is 0 Å². The highest BCUT2D eigenvalue weighted by Gasteiger charge is 2.05. The molecule has 0 aromatic carbocycles. The van der Waals surface area contributed by atoms with Crippen LogP contribution >= 0.6 is 31.9 Å². The van der Waals surface area contributed by atoms with Crippen LogP contribution in [0.3, 0.4) is 0 Å². The van der Waals surface area contributed by atoms with E-state index in [2.05, 4.69) is 36.6 Å². The van der Waals surface area contributed by atoms with E-state index in [4.69, 9.17) is 5.48 Å². The third-order valence-corrected chi connectivity index (χ3v) is 0.987. The van der Waals surface area contributed by atoms with E-state index < -0.39 is 22.5 Å². The molecule has 0 saturated heterocycles. The van der Waals surface area contributed by atoms with Crippen LogP contribution in [0.1, 0.15) is 5.48 Å². The van der Waals surface area contributed by atoms with Crippen LogP contribution in [0.25, 0.3) is 0 Å². The van der Waals surface area contributed by atoms with E-state index in [1.807, 2.05) is 0 Å². The van der Waals surface area contributed by atoms with Crippen LogP contribution < -0.4 is 0 Å². The number of ether oxygens (including phenoxy) is 1. The van der Waals surface area contributed by atoms with Gasteiger partial charge in [0.1, 0.15) is 10.6 Å². The van der Waals surface area contributed by atoms with Gasteiger partial charge < -0.3 is 4.74 Å². The molecular weight excluding hydrogens is 256 g/mol. The fourth-order valence-electron chi connectivity index (χ4n) is 0.123. The molecule has 0 aliphatic heterocycles. The third kappa shape index (κ3) is 4.59. The number of esters is 2.